The van der Waals surface area contributed by atoms with E-state index in [1.165, 1.54) is 25.7 Å². The molecule has 0 heterocycles. The Morgan fingerprint density at radius 2 is 2.00 bits per heavy atom. The van der Waals surface area contributed by atoms with Gasteiger partial charge < -0.3 is 0 Å². The number of hydrogen-bond donors (Lipinski definition) is 0. The average Bonchev–Trinajstić information content (AvgIpc) is 2.30. The lowest BCUT2D eigenvalue weighted by molar-refractivity contribution is 0.643. The fourth-order valence-corrected chi connectivity index (χ4v) is 2.46. The second-order valence-electron chi connectivity index (χ2n) is 3.85. The second kappa shape index (κ2) is 2.51. The van der Waals surface area contributed by atoms with E-state index in [2.05, 4.69) is 19.9 Å². The topological polar surface area (TPSA) is 0 Å². The molecule has 0 saturated carbocycles. The minimum absolute atomic E-state index is 0.755. The minimum atomic E-state index is 0.755. The molecule has 0 spiro atoms. The standard InChI is InChI=1S/C11H16/c1-8-7-9(2)11-6-4-3-5-10(8)11/h7-8H,3-6H2,1-2H3/t8-/m1/s1. The molecule has 0 aliphatic heterocycles. The molecule has 2 rings (SSSR count). The van der Waals surface area contributed by atoms with Crippen molar-refractivity contribution in [2.75, 3.05) is 0 Å². The van der Waals surface area contributed by atoms with Crippen LogP contribution in [0.15, 0.2) is 22.8 Å². The van der Waals surface area contributed by atoms with Gasteiger partial charge >= 0.3 is 0 Å². The first kappa shape index (κ1) is 7.15. The zero-order valence-electron chi connectivity index (χ0n) is 7.48. The Morgan fingerprint density at radius 3 is 2.73 bits per heavy atom. The highest BCUT2D eigenvalue weighted by Crippen LogP contribution is 2.39. The Balaban J connectivity index is 2.34. The molecule has 0 heteroatoms. The molecule has 0 fully saturated rings. The molecule has 11 heavy (non-hydrogen) atoms. The van der Waals surface area contributed by atoms with Gasteiger partial charge in [0.2, 0.25) is 0 Å². The van der Waals surface area contributed by atoms with Crippen LogP contribution in [0, 0.1) is 5.92 Å². The van der Waals surface area contributed by atoms with Crippen LogP contribution in [-0.2, 0) is 0 Å². The Bertz CT molecular complexity index is 230. The van der Waals surface area contributed by atoms with E-state index < -0.39 is 0 Å². The van der Waals surface area contributed by atoms with E-state index in [0.29, 0.717) is 0 Å². The second-order valence-corrected chi connectivity index (χ2v) is 3.85. The van der Waals surface area contributed by atoms with Crippen LogP contribution in [0.5, 0.6) is 0 Å². The largest absolute Gasteiger partial charge is 0.0744 e. The van der Waals surface area contributed by atoms with E-state index in [-0.39, 0.29) is 0 Å². The predicted octanol–water partition coefficient (Wildman–Crippen LogP) is 3.45. The summed E-state index contributed by atoms with van der Waals surface area (Å²) in [6.07, 6.45) is 7.98. The Morgan fingerprint density at radius 1 is 1.27 bits per heavy atom. The maximum atomic E-state index is 2.43. The summed E-state index contributed by atoms with van der Waals surface area (Å²) in [6.45, 7) is 4.60. The van der Waals surface area contributed by atoms with Crippen LogP contribution in [0.3, 0.4) is 0 Å². The molecule has 0 saturated heterocycles. The van der Waals surface area contributed by atoms with Crippen LogP contribution >= 0.6 is 0 Å². The van der Waals surface area contributed by atoms with Gasteiger partial charge in [-0.05, 0) is 44.1 Å². The van der Waals surface area contributed by atoms with Gasteiger partial charge in [0.1, 0.15) is 0 Å². The predicted molar refractivity (Wildman–Crippen MR) is 48.4 cm³/mol. The molecule has 60 valence electrons. The van der Waals surface area contributed by atoms with Gasteiger partial charge in [0.25, 0.3) is 0 Å². The normalized spacial score (nSPS) is 30.4. The van der Waals surface area contributed by atoms with Gasteiger partial charge in [-0.25, -0.2) is 0 Å². The Labute approximate surface area is 69.0 Å². The van der Waals surface area contributed by atoms with Crippen LogP contribution in [-0.4, -0.2) is 0 Å². The zero-order valence-corrected chi connectivity index (χ0v) is 7.48. The Hall–Kier alpha value is -0.520. The van der Waals surface area contributed by atoms with Crippen molar-refractivity contribution in [3.63, 3.8) is 0 Å². The fourth-order valence-electron chi connectivity index (χ4n) is 2.46. The maximum absolute atomic E-state index is 2.43. The van der Waals surface area contributed by atoms with Gasteiger partial charge in [0.05, 0.1) is 0 Å². The smallest absolute Gasteiger partial charge is 0.00399 e. The molecule has 0 unspecified atom stereocenters. The third kappa shape index (κ3) is 1.05. The summed E-state index contributed by atoms with van der Waals surface area (Å²) in [4.78, 5) is 0. The van der Waals surface area contributed by atoms with E-state index in [1.807, 2.05) is 0 Å². The minimum Gasteiger partial charge on any atom is -0.0744 e. The summed E-state index contributed by atoms with van der Waals surface area (Å²) in [5.41, 5.74) is 5.00. The van der Waals surface area contributed by atoms with E-state index >= 15 is 0 Å². The van der Waals surface area contributed by atoms with Crippen molar-refractivity contribution in [2.45, 2.75) is 39.5 Å². The quantitative estimate of drug-likeness (QED) is 0.493. The molecule has 0 amide bonds. The lowest BCUT2D eigenvalue weighted by Crippen LogP contribution is -2.00. The highest BCUT2D eigenvalue weighted by Gasteiger charge is 2.22. The first-order valence-electron chi connectivity index (χ1n) is 4.70. The monoisotopic (exact) mass is 148 g/mol. The highest BCUT2D eigenvalue weighted by molar-refractivity contribution is 5.44. The average molecular weight is 148 g/mol. The molecule has 0 aromatic carbocycles. The zero-order chi connectivity index (χ0) is 7.84. The molecule has 2 aliphatic rings. The molecule has 0 bridgehead atoms. The molecule has 0 aromatic rings. The molecule has 2 aliphatic carbocycles. The third-order valence-corrected chi connectivity index (χ3v) is 3.04. The van der Waals surface area contributed by atoms with Crippen molar-refractivity contribution in [1.29, 1.82) is 0 Å². The summed E-state index contributed by atoms with van der Waals surface area (Å²) in [6, 6.07) is 0. The summed E-state index contributed by atoms with van der Waals surface area (Å²) >= 11 is 0. The highest BCUT2D eigenvalue weighted by atomic mass is 14.3. The van der Waals surface area contributed by atoms with Crippen LogP contribution in [0.4, 0.5) is 0 Å². The van der Waals surface area contributed by atoms with Crippen LogP contribution < -0.4 is 0 Å². The van der Waals surface area contributed by atoms with E-state index in [0.717, 1.165) is 5.92 Å². The third-order valence-electron chi connectivity index (χ3n) is 3.04. The van der Waals surface area contributed by atoms with E-state index in [9.17, 15) is 0 Å². The molecule has 0 aromatic heterocycles. The van der Waals surface area contributed by atoms with E-state index in [4.69, 9.17) is 0 Å². The first-order valence-corrected chi connectivity index (χ1v) is 4.70. The molecular formula is C11H16. The van der Waals surface area contributed by atoms with Gasteiger partial charge in [-0.2, -0.15) is 0 Å². The van der Waals surface area contributed by atoms with Crippen LogP contribution in [0.1, 0.15) is 39.5 Å². The summed E-state index contributed by atoms with van der Waals surface area (Å²) < 4.78 is 0. The Kier molecular flexibility index (Phi) is 1.63. The van der Waals surface area contributed by atoms with Crippen molar-refractivity contribution in [3.8, 4) is 0 Å². The summed E-state index contributed by atoms with van der Waals surface area (Å²) in [5.74, 6) is 0.755. The van der Waals surface area contributed by atoms with Gasteiger partial charge in [-0.1, -0.05) is 24.1 Å². The lowest BCUT2D eigenvalue weighted by atomic mass is 9.88. The lowest BCUT2D eigenvalue weighted by Gasteiger charge is -2.17. The molecule has 0 nitrogen and oxygen atoms in total. The van der Waals surface area contributed by atoms with Gasteiger partial charge in [0.15, 0.2) is 0 Å². The SMILES string of the molecule is CC1=C[C@@H](C)C2=C1CCCC2. The van der Waals surface area contributed by atoms with Crippen molar-refractivity contribution < 1.29 is 0 Å². The van der Waals surface area contributed by atoms with Crippen LogP contribution in [0.2, 0.25) is 0 Å². The molecule has 1 atom stereocenters. The van der Waals surface area contributed by atoms with Crippen molar-refractivity contribution >= 4 is 0 Å². The number of allylic oxidation sites excluding steroid dienone is 4. The molecule has 0 radical (unpaired) electrons. The van der Waals surface area contributed by atoms with Gasteiger partial charge in [-0.3, -0.25) is 0 Å². The van der Waals surface area contributed by atoms with Crippen molar-refractivity contribution in [3.05, 3.63) is 22.8 Å². The van der Waals surface area contributed by atoms with E-state index in [1.54, 1.807) is 16.7 Å². The summed E-state index contributed by atoms with van der Waals surface area (Å²) in [5, 5.41) is 0. The molecule has 0 N–H and O–H groups in total. The summed E-state index contributed by atoms with van der Waals surface area (Å²) in [7, 11) is 0. The van der Waals surface area contributed by atoms with Crippen molar-refractivity contribution in [2.24, 2.45) is 5.92 Å². The van der Waals surface area contributed by atoms with Crippen LogP contribution in [0.25, 0.3) is 0 Å². The van der Waals surface area contributed by atoms with Crippen molar-refractivity contribution in [1.82, 2.24) is 0 Å². The van der Waals surface area contributed by atoms with Gasteiger partial charge in [-0.15, -0.1) is 0 Å². The first-order chi connectivity index (χ1) is 5.29. The molecular weight excluding hydrogens is 132 g/mol. The number of rotatable bonds is 0. The fraction of sp³-hybridized carbons (Fsp3) is 0.636. The maximum Gasteiger partial charge on any atom is -0.00399 e. The number of hydrogen-bond acceptors (Lipinski definition) is 0. The van der Waals surface area contributed by atoms with Gasteiger partial charge in [0, 0.05) is 0 Å².